The van der Waals surface area contributed by atoms with Gasteiger partial charge in [0.2, 0.25) is 0 Å². The molecule has 0 bridgehead atoms. The summed E-state index contributed by atoms with van der Waals surface area (Å²) < 4.78 is 0. The maximum absolute atomic E-state index is 9.32. The third-order valence-corrected chi connectivity index (χ3v) is 2.09. The van der Waals surface area contributed by atoms with Gasteiger partial charge < -0.3 is 15.5 Å². The van der Waals surface area contributed by atoms with Gasteiger partial charge in [-0.25, -0.2) is 0 Å². The molecule has 0 amide bonds. The lowest BCUT2D eigenvalue weighted by Crippen LogP contribution is -2.51. The molecule has 3 heteroatoms. The molecule has 0 saturated carbocycles. The van der Waals surface area contributed by atoms with Crippen molar-refractivity contribution in [2.75, 3.05) is 6.54 Å². The van der Waals surface area contributed by atoms with Gasteiger partial charge in [-0.1, -0.05) is 20.8 Å². The van der Waals surface area contributed by atoms with Crippen LogP contribution in [0.15, 0.2) is 0 Å². The van der Waals surface area contributed by atoms with Crippen LogP contribution in [0.3, 0.4) is 0 Å². The van der Waals surface area contributed by atoms with Gasteiger partial charge in [0.1, 0.15) is 0 Å². The third kappa shape index (κ3) is 3.09. The molecule has 1 heterocycles. The minimum atomic E-state index is -0.571. The SMILES string of the molecule is CC.CCC1NCCC(O)[C@@H]1O. The second kappa shape index (κ2) is 6.40. The second-order valence-electron chi connectivity index (χ2n) is 2.82. The quantitative estimate of drug-likeness (QED) is 0.544. The van der Waals surface area contributed by atoms with Crippen molar-refractivity contribution in [3.8, 4) is 0 Å². The van der Waals surface area contributed by atoms with E-state index in [0.29, 0.717) is 6.42 Å². The van der Waals surface area contributed by atoms with E-state index in [2.05, 4.69) is 5.32 Å². The normalized spacial score (nSPS) is 35.2. The molecular weight excluding hydrogens is 154 g/mol. The summed E-state index contributed by atoms with van der Waals surface area (Å²) in [5, 5.41) is 21.7. The standard InChI is InChI=1S/C7H15NO2.C2H6/c1-2-5-7(10)6(9)3-4-8-5;1-2/h5-10H,2-4H2,1H3;1-2H3/t5?,6?,7-;/m1./s1. The molecule has 0 aliphatic carbocycles. The van der Waals surface area contributed by atoms with Crippen LogP contribution in [0.4, 0.5) is 0 Å². The first kappa shape index (κ1) is 11.9. The van der Waals surface area contributed by atoms with E-state index in [1.165, 1.54) is 0 Å². The van der Waals surface area contributed by atoms with Crippen LogP contribution in [0, 0.1) is 0 Å². The number of rotatable bonds is 1. The minimum Gasteiger partial charge on any atom is -0.390 e. The predicted octanol–water partition coefficient (Wildman–Crippen LogP) is 0.506. The number of hydrogen-bond donors (Lipinski definition) is 3. The molecule has 0 radical (unpaired) electrons. The van der Waals surface area contributed by atoms with Gasteiger partial charge in [-0.3, -0.25) is 0 Å². The van der Waals surface area contributed by atoms with Crippen LogP contribution < -0.4 is 5.32 Å². The average Bonchev–Trinajstić information content (AvgIpc) is 2.13. The Hall–Kier alpha value is -0.120. The molecule has 2 unspecified atom stereocenters. The van der Waals surface area contributed by atoms with Crippen LogP contribution in [0.1, 0.15) is 33.6 Å². The molecule has 0 aromatic rings. The summed E-state index contributed by atoms with van der Waals surface area (Å²) in [6.07, 6.45) is 0.445. The molecule has 1 aliphatic heterocycles. The number of hydrogen-bond acceptors (Lipinski definition) is 3. The number of piperidine rings is 1. The Labute approximate surface area is 74.8 Å². The van der Waals surface area contributed by atoms with Gasteiger partial charge in [0, 0.05) is 6.04 Å². The number of aliphatic hydroxyl groups excluding tert-OH is 2. The Balaban J connectivity index is 0.000000561. The first-order valence-electron chi connectivity index (χ1n) is 4.85. The van der Waals surface area contributed by atoms with E-state index < -0.39 is 12.2 Å². The first-order chi connectivity index (χ1) is 5.75. The third-order valence-electron chi connectivity index (χ3n) is 2.09. The van der Waals surface area contributed by atoms with Gasteiger partial charge in [0.25, 0.3) is 0 Å². The van der Waals surface area contributed by atoms with Crippen molar-refractivity contribution in [3.63, 3.8) is 0 Å². The van der Waals surface area contributed by atoms with Crippen molar-refractivity contribution in [1.29, 1.82) is 0 Å². The molecule has 3 N–H and O–H groups in total. The summed E-state index contributed by atoms with van der Waals surface area (Å²) in [6.45, 7) is 6.82. The summed E-state index contributed by atoms with van der Waals surface area (Å²) in [5.41, 5.74) is 0. The van der Waals surface area contributed by atoms with Gasteiger partial charge in [-0.2, -0.15) is 0 Å². The van der Waals surface area contributed by atoms with Crippen LogP contribution in [-0.2, 0) is 0 Å². The monoisotopic (exact) mass is 175 g/mol. The predicted molar refractivity (Wildman–Crippen MR) is 50.1 cm³/mol. The second-order valence-corrected chi connectivity index (χ2v) is 2.82. The smallest absolute Gasteiger partial charge is 0.0951 e. The Morgan fingerprint density at radius 2 is 1.92 bits per heavy atom. The van der Waals surface area contributed by atoms with Crippen molar-refractivity contribution in [3.05, 3.63) is 0 Å². The molecule has 74 valence electrons. The van der Waals surface area contributed by atoms with Crippen molar-refractivity contribution in [2.24, 2.45) is 0 Å². The molecule has 3 nitrogen and oxygen atoms in total. The topological polar surface area (TPSA) is 52.5 Å². The highest BCUT2D eigenvalue weighted by Crippen LogP contribution is 2.11. The molecule has 0 spiro atoms. The van der Waals surface area contributed by atoms with E-state index in [4.69, 9.17) is 0 Å². The van der Waals surface area contributed by atoms with E-state index in [-0.39, 0.29) is 6.04 Å². The van der Waals surface area contributed by atoms with Crippen LogP contribution in [0.2, 0.25) is 0 Å². The lowest BCUT2D eigenvalue weighted by atomic mass is 9.97. The molecule has 1 fully saturated rings. The molecule has 1 saturated heterocycles. The summed E-state index contributed by atoms with van der Waals surface area (Å²) >= 11 is 0. The highest BCUT2D eigenvalue weighted by atomic mass is 16.3. The van der Waals surface area contributed by atoms with Gasteiger partial charge in [0.05, 0.1) is 12.2 Å². The highest BCUT2D eigenvalue weighted by Gasteiger charge is 2.28. The van der Waals surface area contributed by atoms with E-state index in [1.54, 1.807) is 0 Å². The fraction of sp³-hybridized carbons (Fsp3) is 1.00. The molecule has 3 atom stereocenters. The molecular formula is C9H21NO2. The minimum absolute atomic E-state index is 0.0868. The lowest BCUT2D eigenvalue weighted by molar-refractivity contribution is -0.0270. The van der Waals surface area contributed by atoms with Gasteiger partial charge in [-0.15, -0.1) is 0 Å². The van der Waals surface area contributed by atoms with Crippen LogP contribution in [0.25, 0.3) is 0 Å². The average molecular weight is 175 g/mol. The number of aliphatic hydroxyl groups is 2. The maximum atomic E-state index is 9.32. The van der Waals surface area contributed by atoms with Crippen molar-refractivity contribution >= 4 is 0 Å². The summed E-state index contributed by atoms with van der Waals surface area (Å²) in [4.78, 5) is 0. The molecule has 1 aliphatic rings. The summed E-state index contributed by atoms with van der Waals surface area (Å²) in [5.74, 6) is 0. The molecule has 0 aromatic carbocycles. The summed E-state index contributed by atoms with van der Waals surface area (Å²) in [7, 11) is 0. The zero-order valence-corrected chi connectivity index (χ0v) is 8.25. The largest absolute Gasteiger partial charge is 0.390 e. The van der Waals surface area contributed by atoms with E-state index >= 15 is 0 Å². The van der Waals surface area contributed by atoms with Crippen LogP contribution >= 0.6 is 0 Å². The maximum Gasteiger partial charge on any atom is 0.0951 e. The van der Waals surface area contributed by atoms with Gasteiger partial charge >= 0.3 is 0 Å². The van der Waals surface area contributed by atoms with E-state index in [1.807, 2.05) is 20.8 Å². The number of nitrogens with one attached hydrogen (secondary N) is 1. The van der Waals surface area contributed by atoms with Crippen molar-refractivity contribution < 1.29 is 10.2 Å². The fourth-order valence-corrected chi connectivity index (χ4v) is 1.36. The highest BCUT2D eigenvalue weighted by molar-refractivity contribution is 4.85. The molecule has 0 aromatic heterocycles. The van der Waals surface area contributed by atoms with E-state index in [0.717, 1.165) is 13.0 Å². The summed E-state index contributed by atoms with van der Waals surface area (Å²) in [6, 6.07) is 0.0868. The fourth-order valence-electron chi connectivity index (χ4n) is 1.36. The van der Waals surface area contributed by atoms with Crippen molar-refractivity contribution in [2.45, 2.75) is 51.9 Å². The van der Waals surface area contributed by atoms with Gasteiger partial charge in [-0.05, 0) is 19.4 Å². The van der Waals surface area contributed by atoms with Crippen LogP contribution in [0.5, 0.6) is 0 Å². The Morgan fingerprint density at radius 1 is 1.33 bits per heavy atom. The Morgan fingerprint density at radius 3 is 2.33 bits per heavy atom. The van der Waals surface area contributed by atoms with E-state index in [9.17, 15) is 10.2 Å². The van der Waals surface area contributed by atoms with Gasteiger partial charge in [0.15, 0.2) is 0 Å². The zero-order valence-electron chi connectivity index (χ0n) is 8.25. The Kier molecular flexibility index (Phi) is 6.34. The lowest BCUT2D eigenvalue weighted by Gasteiger charge is -2.32. The molecule has 12 heavy (non-hydrogen) atoms. The zero-order chi connectivity index (χ0) is 9.56. The first-order valence-corrected chi connectivity index (χ1v) is 4.85. The van der Waals surface area contributed by atoms with Crippen molar-refractivity contribution in [1.82, 2.24) is 5.32 Å². The van der Waals surface area contributed by atoms with Crippen LogP contribution in [-0.4, -0.2) is 35.0 Å². The molecule has 1 rings (SSSR count). The Bertz CT molecular complexity index is 109.